The molecule has 0 radical (unpaired) electrons. The molecule has 6 heteroatoms. The van der Waals surface area contributed by atoms with Crippen LogP contribution in [0.5, 0.6) is 0 Å². The van der Waals surface area contributed by atoms with Crippen molar-refractivity contribution in [3.05, 3.63) is 24.3 Å². The molecule has 17 heavy (non-hydrogen) atoms. The fraction of sp³-hybridized carbons (Fsp3) is 0.182. The minimum absolute atomic E-state index is 0.00715. The largest absolute Gasteiger partial charge is 0.326 e. The summed E-state index contributed by atoms with van der Waals surface area (Å²) >= 11 is 6.46. The van der Waals surface area contributed by atoms with Gasteiger partial charge in [-0.05, 0) is 24.3 Å². The number of anilines is 2. The number of hydrogen-bond donors (Lipinski definition) is 1. The Hall–Kier alpha value is -1.40. The highest BCUT2D eigenvalue weighted by Crippen LogP contribution is 2.27. The SMILES string of the molecule is CC(=O)Nc1ccc(N2C(=O)CSC2=S)cc1. The zero-order chi connectivity index (χ0) is 12.4. The molecule has 1 heterocycles. The highest BCUT2D eigenvalue weighted by atomic mass is 32.2. The van der Waals surface area contributed by atoms with Gasteiger partial charge in [0, 0.05) is 12.6 Å². The molecule has 0 bridgehead atoms. The van der Waals surface area contributed by atoms with E-state index in [1.807, 2.05) is 0 Å². The van der Waals surface area contributed by atoms with Gasteiger partial charge in [-0.1, -0.05) is 24.0 Å². The maximum atomic E-state index is 11.6. The molecule has 2 rings (SSSR count). The van der Waals surface area contributed by atoms with Crippen molar-refractivity contribution in [3.63, 3.8) is 0 Å². The van der Waals surface area contributed by atoms with Gasteiger partial charge < -0.3 is 5.32 Å². The first-order chi connectivity index (χ1) is 8.08. The van der Waals surface area contributed by atoms with Crippen LogP contribution in [0, 0.1) is 0 Å². The van der Waals surface area contributed by atoms with E-state index in [2.05, 4.69) is 5.32 Å². The molecule has 0 unspecified atom stereocenters. The molecule has 1 aromatic rings. The summed E-state index contributed by atoms with van der Waals surface area (Å²) in [4.78, 5) is 24.0. The van der Waals surface area contributed by atoms with Crippen LogP contribution in [0.15, 0.2) is 24.3 Å². The Kier molecular flexibility index (Phi) is 3.44. The van der Waals surface area contributed by atoms with Gasteiger partial charge in [-0.3, -0.25) is 14.5 Å². The molecule has 0 saturated carbocycles. The van der Waals surface area contributed by atoms with Crippen molar-refractivity contribution in [3.8, 4) is 0 Å². The van der Waals surface area contributed by atoms with Gasteiger partial charge in [0.2, 0.25) is 11.8 Å². The first kappa shape index (κ1) is 12.1. The van der Waals surface area contributed by atoms with E-state index in [9.17, 15) is 9.59 Å². The van der Waals surface area contributed by atoms with Crippen molar-refractivity contribution in [2.24, 2.45) is 0 Å². The Morgan fingerprint density at radius 2 is 2.06 bits per heavy atom. The zero-order valence-corrected chi connectivity index (χ0v) is 10.7. The molecule has 1 saturated heterocycles. The van der Waals surface area contributed by atoms with Gasteiger partial charge in [0.05, 0.1) is 11.4 Å². The number of hydrogen-bond acceptors (Lipinski definition) is 4. The van der Waals surface area contributed by atoms with Crippen molar-refractivity contribution in [2.75, 3.05) is 16.0 Å². The molecule has 0 aliphatic carbocycles. The Balaban J connectivity index is 2.20. The first-order valence-corrected chi connectivity index (χ1v) is 6.34. The van der Waals surface area contributed by atoms with Crippen LogP contribution in [0.4, 0.5) is 11.4 Å². The Morgan fingerprint density at radius 3 is 2.53 bits per heavy atom. The molecule has 1 N–H and O–H groups in total. The minimum atomic E-state index is -0.124. The molecule has 0 atom stereocenters. The third-order valence-corrected chi connectivity index (χ3v) is 3.55. The third-order valence-electron chi connectivity index (χ3n) is 2.20. The molecule has 1 aromatic carbocycles. The number of nitrogens with one attached hydrogen (secondary N) is 1. The van der Waals surface area contributed by atoms with E-state index in [-0.39, 0.29) is 11.8 Å². The predicted molar refractivity (Wildman–Crippen MR) is 73.3 cm³/mol. The molecule has 0 spiro atoms. The number of carbonyl (C=O) groups is 2. The monoisotopic (exact) mass is 266 g/mol. The number of amides is 2. The molecule has 1 aliphatic rings. The van der Waals surface area contributed by atoms with Gasteiger partial charge in [0.1, 0.15) is 4.32 Å². The summed E-state index contributed by atoms with van der Waals surface area (Å²) < 4.78 is 0.572. The second-order valence-corrected chi connectivity index (χ2v) is 5.12. The molecule has 4 nitrogen and oxygen atoms in total. The van der Waals surface area contributed by atoms with Crippen molar-refractivity contribution in [2.45, 2.75) is 6.92 Å². The molecular weight excluding hydrogens is 256 g/mol. The Morgan fingerprint density at radius 1 is 1.41 bits per heavy atom. The highest BCUT2D eigenvalue weighted by Gasteiger charge is 2.27. The van der Waals surface area contributed by atoms with Gasteiger partial charge in [0.15, 0.2) is 0 Å². The van der Waals surface area contributed by atoms with Crippen LogP contribution in [0.2, 0.25) is 0 Å². The number of thiocarbonyl (C=S) groups is 1. The van der Waals surface area contributed by atoms with E-state index < -0.39 is 0 Å². The van der Waals surface area contributed by atoms with Crippen LogP contribution in [-0.2, 0) is 9.59 Å². The van der Waals surface area contributed by atoms with Crippen molar-refractivity contribution in [1.82, 2.24) is 0 Å². The fourth-order valence-electron chi connectivity index (χ4n) is 1.50. The van der Waals surface area contributed by atoms with Gasteiger partial charge >= 0.3 is 0 Å². The number of nitrogens with zero attached hydrogens (tertiary/aromatic N) is 1. The smallest absolute Gasteiger partial charge is 0.243 e. The number of thioether (sulfide) groups is 1. The lowest BCUT2D eigenvalue weighted by atomic mass is 10.2. The summed E-state index contributed by atoms with van der Waals surface area (Å²) in [6, 6.07) is 7.02. The molecule has 1 aliphatic heterocycles. The summed E-state index contributed by atoms with van der Waals surface area (Å²) in [6.45, 7) is 1.45. The Labute approximate surface area is 108 Å². The van der Waals surface area contributed by atoms with Crippen LogP contribution in [0.25, 0.3) is 0 Å². The Bertz CT molecular complexity index is 469. The van der Waals surface area contributed by atoms with Crippen LogP contribution in [-0.4, -0.2) is 21.9 Å². The molecule has 1 fully saturated rings. The second-order valence-electron chi connectivity index (χ2n) is 3.51. The molecular formula is C11H10N2O2S2. The average Bonchev–Trinajstić information content (AvgIpc) is 2.59. The van der Waals surface area contributed by atoms with Crippen LogP contribution in [0.1, 0.15) is 6.92 Å². The summed E-state index contributed by atoms with van der Waals surface area (Å²) in [7, 11) is 0. The summed E-state index contributed by atoms with van der Waals surface area (Å²) in [5.41, 5.74) is 1.44. The van der Waals surface area contributed by atoms with Crippen molar-refractivity contribution < 1.29 is 9.59 Å². The van der Waals surface area contributed by atoms with E-state index >= 15 is 0 Å². The number of benzene rings is 1. The number of carbonyl (C=O) groups excluding carboxylic acids is 2. The fourth-order valence-corrected chi connectivity index (χ4v) is 2.60. The lowest BCUT2D eigenvalue weighted by Gasteiger charge is -2.15. The van der Waals surface area contributed by atoms with Crippen molar-refractivity contribution in [1.29, 1.82) is 0 Å². The van der Waals surface area contributed by atoms with Gasteiger partial charge in [0.25, 0.3) is 0 Å². The zero-order valence-electron chi connectivity index (χ0n) is 9.10. The van der Waals surface area contributed by atoms with Crippen LogP contribution < -0.4 is 10.2 Å². The highest BCUT2D eigenvalue weighted by molar-refractivity contribution is 8.24. The van der Waals surface area contributed by atoms with E-state index in [1.54, 1.807) is 24.3 Å². The topological polar surface area (TPSA) is 49.4 Å². The van der Waals surface area contributed by atoms with E-state index in [1.165, 1.54) is 23.6 Å². The normalized spacial score (nSPS) is 15.2. The predicted octanol–water partition coefficient (Wildman–Crippen LogP) is 2.01. The van der Waals surface area contributed by atoms with Gasteiger partial charge in [-0.2, -0.15) is 0 Å². The van der Waals surface area contributed by atoms with E-state index in [0.29, 0.717) is 15.8 Å². The first-order valence-electron chi connectivity index (χ1n) is 4.95. The van der Waals surface area contributed by atoms with E-state index in [4.69, 9.17) is 12.2 Å². The van der Waals surface area contributed by atoms with E-state index in [0.717, 1.165) is 5.69 Å². The quantitative estimate of drug-likeness (QED) is 0.832. The maximum absolute atomic E-state index is 11.6. The standard InChI is InChI=1S/C11H10N2O2S2/c1-7(14)12-8-2-4-9(5-3-8)13-10(15)6-17-11(13)16/h2-5H,6H2,1H3,(H,12,14). The second kappa shape index (κ2) is 4.85. The van der Waals surface area contributed by atoms with Crippen LogP contribution >= 0.6 is 24.0 Å². The lowest BCUT2D eigenvalue weighted by molar-refractivity contribution is -0.115. The molecule has 0 aromatic heterocycles. The minimum Gasteiger partial charge on any atom is -0.326 e. The van der Waals surface area contributed by atoms with Gasteiger partial charge in [-0.15, -0.1) is 0 Å². The summed E-state index contributed by atoms with van der Waals surface area (Å²) in [5, 5.41) is 2.66. The summed E-state index contributed by atoms with van der Waals surface area (Å²) in [5.74, 6) is 0.264. The lowest BCUT2D eigenvalue weighted by Crippen LogP contribution is -2.27. The van der Waals surface area contributed by atoms with Crippen LogP contribution in [0.3, 0.4) is 0 Å². The average molecular weight is 266 g/mol. The van der Waals surface area contributed by atoms with Gasteiger partial charge in [-0.25, -0.2) is 0 Å². The summed E-state index contributed by atoms with van der Waals surface area (Å²) in [6.07, 6.45) is 0. The third kappa shape index (κ3) is 2.65. The molecule has 88 valence electrons. The maximum Gasteiger partial charge on any atom is 0.243 e. The van der Waals surface area contributed by atoms with Crippen molar-refractivity contribution >= 4 is 51.5 Å². The molecule has 2 amide bonds. The number of rotatable bonds is 2.